The number of piperidine rings is 2. The van der Waals surface area contributed by atoms with E-state index >= 15 is 0 Å². The van der Waals surface area contributed by atoms with Gasteiger partial charge >= 0.3 is 6.09 Å². The summed E-state index contributed by atoms with van der Waals surface area (Å²) >= 11 is 0. The first-order valence-corrected chi connectivity index (χ1v) is 10.1. The van der Waals surface area contributed by atoms with Crippen LogP contribution in [0.25, 0.3) is 0 Å². The van der Waals surface area contributed by atoms with E-state index in [-0.39, 0.29) is 35.4 Å². The molecule has 3 heterocycles. The maximum atomic E-state index is 13.1. The Hall–Kier alpha value is -1.85. The number of hydrogen-bond acceptors (Lipinski definition) is 4. The number of fused-ring (bicyclic) bond motifs is 2. The van der Waals surface area contributed by atoms with Gasteiger partial charge in [-0.1, -0.05) is 0 Å². The number of ether oxygens (including phenoxy) is 1. The van der Waals surface area contributed by atoms with Gasteiger partial charge in [0, 0.05) is 24.2 Å². The molecule has 2 aliphatic rings. The number of rotatable bonds is 2. The SMILES string of the molecule is CC(C)(C)OC(=O)N1C2CCCC1CC(C(=O)c1cnn(C(C)(C)C)c1)C2. The van der Waals surface area contributed by atoms with Crippen molar-refractivity contribution in [1.29, 1.82) is 0 Å². The highest BCUT2D eigenvalue weighted by atomic mass is 16.6. The zero-order valence-corrected chi connectivity index (χ0v) is 17.5. The van der Waals surface area contributed by atoms with Gasteiger partial charge in [-0.25, -0.2) is 4.79 Å². The van der Waals surface area contributed by atoms with Crippen LogP contribution in [0.3, 0.4) is 0 Å². The first kappa shape index (κ1) is 19.9. The number of nitrogens with zero attached hydrogens (tertiary/aromatic N) is 3. The smallest absolute Gasteiger partial charge is 0.410 e. The molecule has 6 nitrogen and oxygen atoms in total. The molecular weight excluding hydrogens is 342 g/mol. The van der Waals surface area contributed by atoms with E-state index in [2.05, 4.69) is 25.9 Å². The van der Waals surface area contributed by atoms with Crippen LogP contribution in [-0.4, -0.2) is 44.2 Å². The van der Waals surface area contributed by atoms with Gasteiger partial charge in [0.1, 0.15) is 5.60 Å². The third kappa shape index (κ3) is 4.36. The molecule has 2 unspecified atom stereocenters. The summed E-state index contributed by atoms with van der Waals surface area (Å²) in [5.74, 6) is 0.114. The molecule has 0 spiro atoms. The summed E-state index contributed by atoms with van der Waals surface area (Å²) in [6.07, 6.45) is 7.75. The van der Waals surface area contributed by atoms with E-state index in [0.717, 1.165) is 32.1 Å². The van der Waals surface area contributed by atoms with E-state index in [1.165, 1.54) is 0 Å². The Kier molecular flexibility index (Phi) is 5.12. The van der Waals surface area contributed by atoms with Gasteiger partial charge in [-0.3, -0.25) is 9.48 Å². The van der Waals surface area contributed by atoms with Crippen molar-refractivity contribution >= 4 is 11.9 Å². The Balaban J connectivity index is 1.73. The number of carbonyl (C=O) groups excluding carboxylic acids is 2. The molecule has 27 heavy (non-hydrogen) atoms. The molecule has 2 bridgehead atoms. The maximum absolute atomic E-state index is 13.1. The molecule has 1 aromatic rings. The standard InChI is InChI=1S/C21H33N3O3/c1-20(2,3)23-13-15(12-22-23)18(25)14-10-16-8-7-9-17(11-14)24(16)19(26)27-21(4,5)6/h12-14,16-17H,7-11H2,1-6H3. The molecule has 1 aromatic heterocycles. The molecule has 0 radical (unpaired) electrons. The van der Waals surface area contributed by atoms with Gasteiger partial charge in [-0.15, -0.1) is 0 Å². The van der Waals surface area contributed by atoms with Crippen molar-refractivity contribution in [2.24, 2.45) is 5.92 Å². The second-order valence-corrected chi connectivity index (χ2v) is 10.0. The third-order valence-corrected chi connectivity index (χ3v) is 5.50. The van der Waals surface area contributed by atoms with Gasteiger partial charge in [0.05, 0.1) is 17.3 Å². The van der Waals surface area contributed by atoms with Crippen LogP contribution in [0.4, 0.5) is 4.79 Å². The summed E-state index contributed by atoms with van der Waals surface area (Å²) < 4.78 is 7.47. The van der Waals surface area contributed by atoms with E-state index in [0.29, 0.717) is 5.56 Å². The number of hydrogen-bond donors (Lipinski definition) is 0. The molecule has 0 N–H and O–H groups in total. The van der Waals surface area contributed by atoms with Gasteiger partial charge in [0.15, 0.2) is 5.78 Å². The Morgan fingerprint density at radius 3 is 2.15 bits per heavy atom. The van der Waals surface area contributed by atoms with Crippen molar-refractivity contribution in [3.63, 3.8) is 0 Å². The quantitative estimate of drug-likeness (QED) is 0.719. The fourth-order valence-electron chi connectivity index (χ4n) is 4.26. The molecule has 2 aliphatic heterocycles. The van der Waals surface area contributed by atoms with Gasteiger partial charge in [-0.05, 0) is 73.6 Å². The number of Topliss-reactive ketones (excluding diaryl/α,β-unsaturated/α-hetero) is 1. The summed E-state index contributed by atoms with van der Waals surface area (Å²) in [5, 5.41) is 4.37. The van der Waals surface area contributed by atoms with Crippen LogP contribution in [0.5, 0.6) is 0 Å². The summed E-state index contributed by atoms with van der Waals surface area (Å²) in [5.41, 5.74) is 0.0352. The third-order valence-electron chi connectivity index (χ3n) is 5.50. The van der Waals surface area contributed by atoms with E-state index in [1.807, 2.05) is 36.5 Å². The number of ketones is 1. The van der Waals surface area contributed by atoms with Crippen LogP contribution in [0.2, 0.25) is 0 Å². The van der Waals surface area contributed by atoms with Crippen molar-refractivity contribution < 1.29 is 14.3 Å². The molecule has 6 heteroatoms. The monoisotopic (exact) mass is 375 g/mol. The van der Waals surface area contributed by atoms with Crippen LogP contribution in [0.15, 0.2) is 12.4 Å². The summed E-state index contributed by atoms with van der Waals surface area (Å²) in [4.78, 5) is 27.7. The van der Waals surface area contributed by atoms with Gasteiger partial charge in [0.25, 0.3) is 0 Å². The first-order valence-electron chi connectivity index (χ1n) is 10.1. The lowest BCUT2D eigenvalue weighted by atomic mass is 9.76. The minimum absolute atomic E-state index is 0.0448. The highest BCUT2D eigenvalue weighted by Gasteiger charge is 2.44. The molecular formula is C21H33N3O3. The fourth-order valence-corrected chi connectivity index (χ4v) is 4.26. The molecule has 2 fully saturated rings. The van der Waals surface area contributed by atoms with Crippen molar-refractivity contribution in [2.75, 3.05) is 0 Å². The molecule has 0 aliphatic carbocycles. The molecule has 0 saturated carbocycles. The van der Waals surface area contributed by atoms with Crippen molar-refractivity contribution in [3.05, 3.63) is 18.0 Å². The Morgan fingerprint density at radius 1 is 1.07 bits per heavy atom. The molecule has 1 amide bonds. The van der Waals surface area contributed by atoms with E-state index in [4.69, 9.17) is 4.74 Å². The zero-order valence-electron chi connectivity index (χ0n) is 17.5. The fraction of sp³-hybridized carbons (Fsp3) is 0.762. The van der Waals surface area contributed by atoms with Crippen molar-refractivity contribution in [3.8, 4) is 0 Å². The van der Waals surface area contributed by atoms with Crippen LogP contribution in [0, 0.1) is 5.92 Å². The van der Waals surface area contributed by atoms with Crippen LogP contribution < -0.4 is 0 Å². The summed E-state index contributed by atoms with van der Waals surface area (Å²) in [7, 11) is 0. The normalized spacial score (nSPS) is 26.0. The lowest BCUT2D eigenvalue weighted by Crippen LogP contribution is -2.56. The predicted octanol–water partition coefficient (Wildman–Crippen LogP) is 4.39. The number of carbonyl (C=O) groups is 2. The van der Waals surface area contributed by atoms with Gasteiger partial charge in [-0.2, -0.15) is 5.10 Å². The highest BCUT2D eigenvalue weighted by molar-refractivity contribution is 5.97. The van der Waals surface area contributed by atoms with Gasteiger partial charge < -0.3 is 9.64 Å². The maximum Gasteiger partial charge on any atom is 0.410 e. The largest absolute Gasteiger partial charge is 0.444 e. The Morgan fingerprint density at radius 2 is 1.67 bits per heavy atom. The van der Waals surface area contributed by atoms with Crippen LogP contribution >= 0.6 is 0 Å². The topological polar surface area (TPSA) is 64.4 Å². The van der Waals surface area contributed by atoms with E-state index in [1.54, 1.807) is 6.20 Å². The second kappa shape index (κ2) is 6.95. The zero-order chi connectivity index (χ0) is 20.0. The molecule has 2 atom stereocenters. The van der Waals surface area contributed by atoms with Crippen LogP contribution in [0.1, 0.15) is 84.0 Å². The summed E-state index contributed by atoms with van der Waals surface area (Å²) in [6, 6.07) is 0.193. The van der Waals surface area contributed by atoms with Crippen LogP contribution in [-0.2, 0) is 10.3 Å². The lowest BCUT2D eigenvalue weighted by Gasteiger charge is -2.48. The van der Waals surface area contributed by atoms with E-state index < -0.39 is 5.60 Å². The first-order chi connectivity index (χ1) is 12.5. The molecule has 150 valence electrons. The Bertz CT molecular complexity index is 697. The van der Waals surface area contributed by atoms with Crippen molar-refractivity contribution in [1.82, 2.24) is 14.7 Å². The van der Waals surface area contributed by atoms with Crippen molar-refractivity contribution in [2.45, 2.75) is 96.9 Å². The molecule has 0 aromatic carbocycles. The predicted molar refractivity (Wildman–Crippen MR) is 104 cm³/mol. The number of aromatic nitrogens is 2. The van der Waals surface area contributed by atoms with E-state index in [9.17, 15) is 9.59 Å². The number of amides is 1. The van der Waals surface area contributed by atoms with Gasteiger partial charge in [0.2, 0.25) is 0 Å². The average molecular weight is 376 g/mol. The minimum atomic E-state index is -0.500. The summed E-state index contributed by atoms with van der Waals surface area (Å²) in [6.45, 7) is 11.9. The molecule has 3 rings (SSSR count). The average Bonchev–Trinajstić information content (AvgIpc) is 3.01. The second-order valence-electron chi connectivity index (χ2n) is 10.0. The minimum Gasteiger partial charge on any atom is -0.444 e. The molecule has 2 saturated heterocycles. The lowest BCUT2D eigenvalue weighted by molar-refractivity contribution is -0.0260. The Labute approximate surface area is 162 Å². The highest BCUT2D eigenvalue weighted by Crippen LogP contribution is 2.39.